The molecule has 0 bridgehead atoms. The van der Waals surface area contributed by atoms with Gasteiger partial charge in [-0.25, -0.2) is 4.39 Å². The van der Waals surface area contributed by atoms with E-state index in [1.54, 1.807) is 24.1 Å². The standard InChI is InChI=1S/C14H21FN2O2/c1-10(2)13(16)14(18)17(3)8-9-19-12-6-4-11(15)5-7-12/h4-7,10,13H,8-9,16H2,1-3H3. The monoisotopic (exact) mass is 268 g/mol. The van der Waals surface area contributed by atoms with Gasteiger partial charge in [0.15, 0.2) is 0 Å². The average Bonchev–Trinajstić information content (AvgIpc) is 2.39. The lowest BCUT2D eigenvalue weighted by molar-refractivity contribution is -0.132. The van der Waals surface area contributed by atoms with E-state index in [2.05, 4.69) is 0 Å². The largest absolute Gasteiger partial charge is 0.492 e. The third kappa shape index (κ3) is 4.87. The maximum Gasteiger partial charge on any atom is 0.239 e. The van der Waals surface area contributed by atoms with E-state index in [1.807, 2.05) is 13.8 Å². The van der Waals surface area contributed by atoms with Crippen LogP contribution in [0.4, 0.5) is 4.39 Å². The average molecular weight is 268 g/mol. The SMILES string of the molecule is CC(C)C(N)C(=O)N(C)CCOc1ccc(F)cc1. The quantitative estimate of drug-likeness (QED) is 0.853. The smallest absolute Gasteiger partial charge is 0.239 e. The van der Waals surface area contributed by atoms with Crippen LogP contribution in [0.2, 0.25) is 0 Å². The minimum Gasteiger partial charge on any atom is -0.492 e. The molecule has 0 saturated heterocycles. The molecule has 2 N–H and O–H groups in total. The minimum atomic E-state index is -0.490. The molecule has 0 aromatic heterocycles. The van der Waals surface area contributed by atoms with Crippen LogP contribution in [0.5, 0.6) is 5.75 Å². The number of hydrogen-bond donors (Lipinski definition) is 1. The minimum absolute atomic E-state index is 0.0993. The maximum atomic E-state index is 12.7. The van der Waals surface area contributed by atoms with Crippen LogP contribution in [0, 0.1) is 11.7 Å². The lowest BCUT2D eigenvalue weighted by atomic mass is 10.0. The molecule has 0 fully saturated rings. The van der Waals surface area contributed by atoms with Gasteiger partial charge >= 0.3 is 0 Å². The number of amides is 1. The van der Waals surface area contributed by atoms with E-state index in [4.69, 9.17) is 10.5 Å². The van der Waals surface area contributed by atoms with E-state index < -0.39 is 6.04 Å². The van der Waals surface area contributed by atoms with Gasteiger partial charge in [0.25, 0.3) is 0 Å². The molecule has 1 amide bonds. The van der Waals surface area contributed by atoms with Gasteiger partial charge in [-0.1, -0.05) is 13.8 Å². The number of halogens is 1. The Hall–Kier alpha value is -1.62. The van der Waals surface area contributed by atoms with Gasteiger partial charge in [-0.2, -0.15) is 0 Å². The molecular formula is C14H21FN2O2. The summed E-state index contributed by atoms with van der Waals surface area (Å²) in [6, 6.07) is 5.28. The summed E-state index contributed by atoms with van der Waals surface area (Å²) in [5, 5.41) is 0. The van der Waals surface area contributed by atoms with E-state index >= 15 is 0 Å². The van der Waals surface area contributed by atoms with E-state index in [0.717, 1.165) is 0 Å². The Morgan fingerprint density at radius 1 is 1.37 bits per heavy atom. The summed E-state index contributed by atoms with van der Waals surface area (Å²) in [6.45, 7) is 4.60. The molecular weight excluding hydrogens is 247 g/mol. The number of rotatable bonds is 6. The number of likely N-dealkylation sites (N-methyl/N-ethyl adjacent to an activating group) is 1. The van der Waals surface area contributed by atoms with E-state index in [0.29, 0.717) is 18.9 Å². The van der Waals surface area contributed by atoms with Crippen molar-refractivity contribution in [2.24, 2.45) is 11.7 Å². The highest BCUT2D eigenvalue weighted by Crippen LogP contribution is 2.11. The normalized spacial score (nSPS) is 12.3. The van der Waals surface area contributed by atoms with Crippen molar-refractivity contribution in [3.63, 3.8) is 0 Å². The fourth-order valence-corrected chi connectivity index (χ4v) is 1.48. The highest BCUT2D eigenvalue weighted by Gasteiger charge is 2.20. The van der Waals surface area contributed by atoms with Gasteiger partial charge in [0.2, 0.25) is 5.91 Å². The summed E-state index contributed by atoms with van der Waals surface area (Å²) in [4.78, 5) is 13.4. The van der Waals surface area contributed by atoms with Crippen LogP contribution in [0.15, 0.2) is 24.3 Å². The van der Waals surface area contributed by atoms with Crippen molar-refractivity contribution in [3.05, 3.63) is 30.1 Å². The first kappa shape index (κ1) is 15.4. The van der Waals surface area contributed by atoms with Crippen molar-refractivity contribution < 1.29 is 13.9 Å². The lowest BCUT2D eigenvalue weighted by Crippen LogP contribution is -2.46. The van der Waals surface area contributed by atoms with Crippen LogP contribution >= 0.6 is 0 Å². The second kappa shape index (κ2) is 7.09. The maximum absolute atomic E-state index is 12.7. The van der Waals surface area contributed by atoms with Crippen LogP contribution in [0.3, 0.4) is 0 Å². The summed E-state index contributed by atoms with van der Waals surface area (Å²) in [5.74, 6) is 0.281. The zero-order valence-electron chi connectivity index (χ0n) is 11.6. The zero-order chi connectivity index (χ0) is 14.4. The van der Waals surface area contributed by atoms with Crippen molar-refractivity contribution >= 4 is 5.91 Å². The molecule has 0 saturated carbocycles. The number of ether oxygens (including phenoxy) is 1. The molecule has 0 radical (unpaired) electrons. The Morgan fingerprint density at radius 3 is 2.47 bits per heavy atom. The summed E-state index contributed by atoms with van der Waals surface area (Å²) < 4.78 is 18.1. The second-order valence-electron chi connectivity index (χ2n) is 4.83. The number of carbonyl (C=O) groups is 1. The van der Waals surface area contributed by atoms with Crippen molar-refractivity contribution in [3.8, 4) is 5.75 Å². The Labute approximate surface area is 113 Å². The molecule has 19 heavy (non-hydrogen) atoms. The Morgan fingerprint density at radius 2 is 1.95 bits per heavy atom. The molecule has 1 rings (SSSR count). The van der Waals surface area contributed by atoms with Crippen LogP contribution in [-0.2, 0) is 4.79 Å². The van der Waals surface area contributed by atoms with Gasteiger partial charge in [-0.3, -0.25) is 4.79 Å². The molecule has 0 spiro atoms. The van der Waals surface area contributed by atoms with Gasteiger partial charge in [-0.15, -0.1) is 0 Å². The molecule has 1 atom stereocenters. The third-order valence-corrected chi connectivity index (χ3v) is 2.89. The van der Waals surface area contributed by atoms with Crippen LogP contribution in [0.1, 0.15) is 13.8 Å². The van der Waals surface area contributed by atoms with Gasteiger partial charge in [-0.05, 0) is 30.2 Å². The fraction of sp³-hybridized carbons (Fsp3) is 0.500. The highest BCUT2D eigenvalue weighted by atomic mass is 19.1. The van der Waals surface area contributed by atoms with Gasteiger partial charge in [0.05, 0.1) is 12.6 Å². The van der Waals surface area contributed by atoms with E-state index in [9.17, 15) is 9.18 Å². The molecule has 0 aliphatic rings. The molecule has 0 heterocycles. The van der Waals surface area contributed by atoms with Crippen LogP contribution < -0.4 is 10.5 Å². The molecule has 1 aromatic carbocycles. The van der Waals surface area contributed by atoms with Gasteiger partial charge in [0, 0.05) is 7.05 Å². The first-order valence-corrected chi connectivity index (χ1v) is 6.30. The van der Waals surface area contributed by atoms with Gasteiger partial charge in [0.1, 0.15) is 18.2 Å². The number of carbonyl (C=O) groups excluding carboxylic acids is 1. The number of hydrogen-bond acceptors (Lipinski definition) is 3. The molecule has 106 valence electrons. The summed E-state index contributed by atoms with van der Waals surface area (Å²) >= 11 is 0. The van der Waals surface area contributed by atoms with E-state index in [-0.39, 0.29) is 17.6 Å². The first-order chi connectivity index (χ1) is 8.91. The Kier molecular flexibility index (Phi) is 5.76. The van der Waals surface area contributed by atoms with Crippen molar-refractivity contribution in [1.82, 2.24) is 4.90 Å². The van der Waals surface area contributed by atoms with Crippen LogP contribution in [0.25, 0.3) is 0 Å². The van der Waals surface area contributed by atoms with Crippen molar-refractivity contribution in [2.75, 3.05) is 20.2 Å². The fourth-order valence-electron chi connectivity index (χ4n) is 1.48. The first-order valence-electron chi connectivity index (χ1n) is 6.30. The molecule has 5 heteroatoms. The Balaban J connectivity index is 2.36. The summed E-state index contributed by atoms with van der Waals surface area (Å²) in [6.07, 6.45) is 0. The Bertz CT molecular complexity index is 406. The van der Waals surface area contributed by atoms with E-state index in [1.165, 1.54) is 12.1 Å². The highest BCUT2D eigenvalue weighted by molar-refractivity contribution is 5.81. The number of nitrogens with two attached hydrogens (primary N) is 1. The zero-order valence-corrected chi connectivity index (χ0v) is 11.6. The molecule has 0 aliphatic carbocycles. The predicted octanol–water partition coefficient (Wildman–Crippen LogP) is 1.65. The number of benzene rings is 1. The lowest BCUT2D eigenvalue weighted by Gasteiger charge is -2.23. The third-order valence-electron chi connectivity index (χ3n) is 2.89. The molecule has 4 nitrogen and oxygen atoms in total. The second-order valence-corrected chi connectivity index (χ2v) is 4.83. The predicted molar refractivity (Wildman–Crippen MR) is 72.3 cm³/mol. The van der Waals surface area contributed by atoms with Crippen LogP contribution in [-0.4, -0.2) is 37.0 Å². The summed E-state index contributed by atoms with van der Waals surface area (Å²) in [5.41, 5.74) is 5.79. The van der Waals surface area contributed by atoms with Crippen molar-refractivity contribution in [1.29, 1.82) is 0 Å². The molecule has 1 aromatic rings. The van der Waals surface area contributed by atoms with Gasteiger partial charge < -0.3 is 15.4 Å². The van der Waals surface area contributed by atoms with Crippen molar-refractivity contribution in [2.45, 2.75) is 19.9 Å². The topological polar surface area (TPSA) is 55.6 Å². The molecule has 1 unspecified atom stereocenters. The molecule has 0 aliphatic heterocycles. The number of nitrogens with zero attached hydrogens (tertiary/aromatic N) is 1. The summed E-state index contributed by atoms with van der Waals surface area (Å²) in [7, 11) is 1.69.